The van der Waals surface area contributed by atoms with Gasteiger partial charge in [-0.25, -0.2) is 4.79 Å². The van der Waals surface area contributed by atoms with Crippen molar-refractivity contribution in [2.75, 3.05) is 13.1 Å². The van der Waals surface area contributed by atoms with Crippen LogP contribution in [0.2, 0.25) is 0 Å². The van der Waals surface area contributed by atoms with Crippen molar-refractivity contribution in [3.8, 4) is 6.07 Å². The molecule has 0 fully saturated rings. The number of carbonyl (C=O) groups is 2. The molecule has 154 valence electrons. The number of fused-ring (bicyclic) bond motifs is 4. The Morgan fingerprint density at radius 2 is 2.03 bits per heavy atom. The molecule has 2 aromatic carbocycles. The van der Waals surface area contributed by atoms with E-state index in [4.69, 9.17) is 5.11 Å². The summed E-state index contributed by atoms with van der Waals surface area (Å²) in [5, 5.41) is 19.2. The minimum atomic E-state index is -0.913. The van der Waals surface area contributed by atoms with Crippen LogP contribution in [0.3, 0.4) is 0 Å². The summed E-state index contributed by atoms with van der Waals surface area (Å²) in [6, 6.07) is 13.5. The van der Waals surface area contributed by atoms with Crippen LogP contribution >= 0.6 is 0 Å². The highest BCUT2D eigenvalue weighted by Crippen LogP contribution is 2.44. The number of carbonyl (C=O) groups excluding carboxylic acids is 1. The van der Waals surface area contributed by atoms with Crippen LogP contribution in [0.15, 0.2) is 42.5 Å². The van der Waals surface area contributed by atoms with Gasteiger partial charge in [-0.1, -0.05) is 38.1 Å². The molecule has 2 heterocycles. The predicted octanol–water partition coefficient (Wildman–Crippen LogP) is 4.68. The molecule has 1 aliphatic heterocycles. The average Bonchev–Trinajstić information content (AvgIpc) is 3.17. The van der Waals surface area contributed by atoms with E-state index >= 15 is 0 Å². The number of aromatic amines is 1. The molecule has 1 amide bonds. The molecular weight excluding hydrogens is 390 g/mol. The predicted molar refractivity (Wildman–Crippen MR) is 117 cm³/mol. The molecule has 0 radical (unpaired) electrons. The molecule has 1 aliphatic carbocycles. The molecule has 0 spiro atoms. The van der Waals surface area contributed by atoms with Crippen LogP contribution in [-0.4, -0.2) is 40.0 Å². The van der Waals surface area contributed by atoms with Gasteiger partial charge in [0.25, 0.3) is 0 Å². The van der Waals surface area contributed by atoms with Crippen molar-refractivity contribution in [3.05, 3.63) is 76.0 Å². The first-order chi connectivity index (χ1) is 14.8. The topological polar surface area (TPSA) is 97.2 Å². The van der Waals surface area contributed by atoms with E-state index in [2.05, 4.69) is 24.9 Å². The van der Waals surface area contributed by atoms with Crippen LogP contribution in [0.25, 0.3) is 16.5 Å². The molecule has 1 aromatic heterocycles. The molecule has 5 rings (SSSR count). The van der Waals surface area contributed by atoms with Gasteiger partial charge in [0.15, 0.2) is 5.78 Å². The van der Waals surface area contributed by atoms with Crippen molar-refractivity contribution in [1.82, 2.24) is 9.88 Å². The van der Waals surface area contributed by atoms with E-state index in [0.717, 1.165) is 33.3 Å². The SMILES string of the molecule is CC1(C)c2ccc(C3=CCN(C(=O)O)CC3)cc2C(=O)c2c1[nH]c1cc(C#N)ccc21. The average molecular weight is 411 g/mol. The Kier molecular flexibility index (Phi) is 4.06. The second kappa shape index (κ2) is 6.58. The van der Waals surface area contributed by atoms with Crippen molar-refractivity contribution in [2.45, 2.75) is 25.7 Å². The summed E-state index contributed by atoms with van der Waals surface area (Å²) in [4.78, 5) is 29.6. The number of H-pyrrole nitrogens is 1. The fourth-order valence-corrected chi connectivity index (χ4v) is 4.82. The van der Waals surface area contributed by atoms with Crippen LogP contribution in [-0.2, 0) is 5.41 Å². The molecule has 0 unspecified atom stereocenters. The van der Waals surface area contributed by atoms with Crippen molar-refractivity contribution in [2.24, 2.45) is 0 Å². The van der Waals surface area contributed by atoms with Crippen molar-refractivity contribution < 1.29 is 14.7 Å². The summed E-state index contributed by atoms with van der Waals surface area (Å²) < 4.78 is 0. The third kappa shape index (κ3) is 2.77. The third-order valence-electron chi connectivity index (χ3n) is 6.57. The van der Waals surface area contributed by atoms with Gasteiger partial charge in [0.1, 0.15) is 0 Å². The van der Waals surface area contributed by atoms with Crippen molar-refractivity contribution >= 4 is 28.4 Å². The minimum Gasteiger partial charge on any atom is -0.465 e. The molecule has 0 saturated carbocycles. The maximum Gasteiger partial charge on any atom is 0.407 e. The first-order valence-electron chi connectivity index (χ1n) is 10.2. The number of nitrogens with one attached hydrogen (secondary N) is 1. The Balaban J connectivity index is 1.63. The highest BCUT2D eigenvalue weighted by atomic mass is 16.4. The highest BCUT2D eigenvalue weighted by Gasteiger charge is 2.39. The van der Waals surface area contributed by atoms with Gasteiger partial charge >= 0.3 is 6.09 Å². The quantitative estimate of drug-likeness (QED) is 0.608. The lowest BCUT2D eigenvalue weighted by atomic mass is 9.70. The first kappa shape index (κ1) is 19.1. The van der Waals surface area contributed by atoms with E-state index in [0.29, 0.717) is 36.2 Å². The maximum atomic E-state index is 13.6. The van der Waals surface area contributed by atoms with Crippen LogP contribution in [0.1, 0.15) is 58.6 Å². The van der Waals surface area contributed by atoms with E-state index in [1.165, 1.54) is 4.90 Å². The Morgan fingerprint density at radius 1 is 1.23 bits per heavy atom. The monoisotopic (exact) mass is 411 g/mol. The van der Waals surface area contributed by atoms with Gasteiger partial charge in [0.05, 0.1) is 17.2 Å². The summed E-state index contributed by atoms with van der Waals surface area (Å²) in [5.74, 6) is -0.0225. The Morgan fingerprint density at radius 3 is 2.71 bits per heavy atom. The molecule has 6 heteroatoms. The Hall–Kier alpha value is -3.85. The van der Waals surface area contributed by atoms with Gasteiger partial charge in [-0.3, -0.25) is 4.79 Å². The van der Waals surface area contributed by atoms with Crippen LogP contribution in [0, 0.1) is 11.3 Å². The van der Waals surface area contributed by atoms with E-state index < -0.39 is 11.5 Å². The summed E-state index contributed by atoms with van der Waals surface area (Å²) in [7, 11) is 0. The van der Waals surface area contributed by atoms with E-state index in [-0.39, 0.29) is 5.78 Å². The Labute approximate surface area is 179 Å². The molecule has 3 aromatic rings. The van der Waals surface area contributed by atoms with Crippen LogP contribution in [0.4, 0.5) is 4.79 Å². The normalized spacial score (nSPS) is 17.0. The van der Waals surface area contributed by atoms with Crippen molar-refractivity contribution in [1.29, 1.82) is 5.26 Å². The molecule has 0 saturated heterocycles. The van der Waals surface area contributed by atoms with E-state index in [1.807, 2.05) is 30.3 Å². The molecule has 2 N–H and O–H groups in total. The number of aromatic nitrogens is 1. The first-order valence-corrected chi connectivity index (χ1v) is 10.2. The maximum absolute atomic E-state index is 13.6. The van der Waals surface area contributed by atoms with E-state index in [9.17, 15) is 14.9 Å². The zero-order chi connectivity index (χ0) is 21.9. The lowest BCUT2D eigenvalue weighted by Crippen LogP contribution is -2.33. The molecule has 31 heavy (non-hydrogen) atoms. The van der Waals surface area contributed by atoms with Gasteiger partial charge in [-0.15, -0.1) is 0 Å². The van der Waals surface area contributed by atoms with Gasteiger partial charge in [-0.2, -0.15) is 5.26 Å². The van der Waals surface area contributed by atoms with Crippen LogP contribution < -0.4 is 0 Å². The smallest absolute Gasteiger partial charge is 0.407 e. The number of benzene rings is 2. The van der Waals surface area contributed by atoms with Crippen molar-refractivity contribution in [3.63, 3.8) is 0 Å². The van der Waals surface area contributed by atoms with Crippen LogP contribution in [0.5, 0.6) is 0 Å². The zero-order valence-electron chi connectivity index (χ0n) is 17.3. The summed E-state index contributed by atoms with van der Waals surface area (Å²) >= 11 is 0. The van der Waals surface area contributed by atoms with E-state index in [1.54, 1.807) is 12.1 Å². The molecule has 2 aliphatic rings. The number of amides is 1. The largest absolute Gasteiger partial charge is 0.465 e. The molecule has 0 bridgehead atoms. The van der Waals surface area contributed by atoms with Gasteiger partial charge in [-0.05, 0) is 41.3 Å². The molecule has 0 atom stereocenters. The fraction of sp³-hybridized carbons (Fsp3) is 0.240. The second-order valence-corrected chi connectivity index (χ2v) is 8.67. The van der Waals surface area contributed by atoms with Gasteiger partial charge in [0, 0.05) is 40.7 Å². The van der Waals surface area contributed by atoms with Gasteiger partial charge in [0.2, 0.25) is 0 Å². The molecular formula is C25H21N3O3. The lowest BCUT2D eigenvalue weighted by molar-refractivity contribution is 0.103. The zero-order valence-corrected chi connectivity index (χ0v) is 17.3. The number of ketones is 1. The Bertz CT molecular complexity index is 1350. The fourth-order valence-electron chi connectivity index (χ4n) is 4.82. The summed E-state index contributed by atoms with van der Waals surface area (Å²) in [6.07, 6.45) is 1.64. The standard InChI is InChI=1S/C25H21N3O3/c1-25(2)19-6-4-16(15-7-9-28(10-8-15)24(30)31)12-18(19)22(29)21-17-5-3-14(13-26)11-20(17)27-23(21)25/h3-7,11-12,27H,8-10H2,1-2H3,(H,30,31). The highest BCUT2D eigenvalue weighted by molar-refractivity contribution is 6.20. The minimum absolute atomic E-state index is 0.0225. The summed E-state index contributed by atoms with van der Waals surface area (Å²) in [6.45, 7) is 5.00. The number of hydrogen-bond acceptors (Lipinski definition) is 3. The second-order valence-electron chi connectivity index (χ2n) is 8.67. The number of carboxylic acid groups (broad SMARTS) is 1. The lowest BCUT2D eigenvalue weighted by Gasteiger charge is -2.32. The number of nitrogens with zero attached hydrogens (tertiary/aromatic N) is 2. The number of rotatable bonds is 1. The third-order valence-corrected chi connectivity index (χ3v) is 6.57. The molecule has 6 nitrogen and oxygen atoms in total. The number of nitriles is 1. The van der Waals surface area contributed by atoms with Gasteiger partial charge < -0.3 is 15.0 Å². The summed E-state index contributed by atoms with van der Waals surface area (Å²) in [5.41, 5.74) is 6.16. The number of hydrogen-bond donors (Lipinski definition) is 2.